The normalized spacial score (nSPS) is 11.2. The number of nitrogen functional groups attached to an aromatic ring is 1. The summed E-state index contributed by atoms with van der Waals surface area (Å²) in [6.07, 6.45) is 1.56. The summed E-state index contributed by atoms with van der Waals surface area (Å²) in [4.78, 5) is 4.15. The number of hydrogen-bond acceptors (Lipinski definition) is 6. The van der Waals surface area contributed by atoms with Crippen LogP contribution in [0, 0.1) is 19.7 Å². The highest BCUT2D eigenvalue weighted by molar-refractivity contribution is 5.91. The second-order valence-electron chi connectivity index (χ2n) is 6.23. The van der Waals surface area contributed by atoms with E-state index in [0.29, 0.717) is 11.1 Å². The van der Waals surface area contributed by atoms with E-state index in [-0.39, 0.29) is 23.1 Å². The minimum atomic E-state index is -0.491. The molecule has 26 heavy (non-hydrogen) atoms. The van der Waals surface area contributed by atoms with Crippen LogP contribution in [0.3, 0.4) is 0 Å². The topological polar surface area (TPSA) is 94.8 Å². The summed E-state index contributed by atoms with van der Waals surface area (Å²) in [7, 11) is 1.79. The Labute approximate surface area is 148 Å². The third-order valence-electron chi connectivity index (χ3n) is 4.27. The molecule has 4 aromatic rings. The molecule has 0 radical (unpaired) electrons. The molecule has 3 N–H and O–H groups in total. The van der Waals surface area contributed by atoms with Crippen LogP contribution in [-0.2, 0) is 7.05 Å². The predicted molar refractivity (Wildman–Crippen MR) is 97.6 cm³/mol. The molecule has 8 heteroatoms. The van der Waals surface area contributed by atoms with Crippen LogP contribution < -0.4 is 11.1 Å². The van der Waals surface area contributed by atoms with Gasteiger partial charge in [-0.2, -0.15) is 0 Å². The summed E-state index contributed by atoms with van der Waals surface area (Å²) in [5.74, 6) is -0.355. The second-order valence-corrected chi connectivity index (χ2v) is 6.23. The first-order chi connectivity index (χ1) is 12.4. The van der Waals surface area contributed by atoms with Crippen molar-refractivity contribution in [1.82, 2.24) is 19.7 Å². The number of rotatable bonds is 3. The van der Waals surface area contributed by atoms with E-state index in [9.17, 15) is 0 Å². The van der Waals surface area contributed by atoms with Crippen LogP contribution in [0.4, 0.5) is 21.8 Å². The van der Waals surface area contributed by atoms with Crippen molar-refractivity contribution in [3.63, 3.8) is 0 Å². The Kier molecular flexibility index (Phi) is 3.61. The maximum atomic E-state index is 15.3. The molecule has 0 aliphatic rings. The van der Waals surface area contributed by atoms with Crippen molar-refractivity contribution in [1.29, 1.82) is 0 Å². The number of benzene rings is 2. The largest absolute Gasteiger partial charge is 0.403 e. The van der Waals surface area contributed by atoms with Gasteiger partial charge < -0.3 is 20.0 Å². The lowest BCUT2D eigenvalue weighted by atomic mass is 10.1. The number of aryl methyl sites for hydroxylation is 3. The molecule has 0 unspecified atom stereocenters. The van der Waals surface area contributed by atoms with Gasteiger partial charge >= 0.3 is 6.01 Å². The van der Waals surface area contributed by atoms with Gasteiger partial charge in [0.1, 0.15) is 5.52 Å². The van der Waals surface area contributed by atoms with Crippen LogP contribution in [0.5, 0.6) is 0 Å². The fraction of sp³-hybridized carbons (Fsp3) is 0.167. The molecule has 4 rings (SSSR count). The zero-order chi connectivity index (χ0) is 18.4. The van der Waals surface area contributed by atoms with Crippen molar-refractivity contribution < 1.29 is 8.81 Å². The Bertz CT molecular complexity index is 1130. The summed E-state index contributed by atoms with van der Waals surface area (Å²) < 4.78 is 22.3. The van der Waals surface area contributed by atoms with Gasteiger partial charge in [0.25, 0.3) is 5.89 Å². The summed E-state index contributed by atoms with van der Waals surface area (Å²) in [5.41, 5.74) is 9.94. The highest BCUT2D eigenvalue weighted by Gasteiger charge is 2.21. The van der Waals surface area contributed by atoms with Crippen molar-refractivity contribution in [2.24, 2.45) is 7.05 Å². The van der Waals surface area contributed by atoms with Gasteiger partial charge in [-0.3, -0.25) is 0 Å². The number of hydrogen-bond donors (Lipinski definition) is 2. The molecule has 2 aromatic carbocycles. The average Bonchev–Trinajstić information content (AvgIpc) is 3.18. The van der Waals surface area contributed by atoms with E-state index in [0.717, 1.165) is 16.8 Å². The van der Waals surface area contributed by atoms with Crippen LogP contribution in [0.1, 0.15) is 11.1 Å². The second kappa shape index (κ2) is 5.83. The summed E-state index contributed by atoms with van der Waals surface area (Å²) in [5, 5.41) is 10.7. The molecule has 7 nitrogen and oxygen atoms in total. The fourth-order valence-electron chi connectivity index (χ4n) is 2.95. The molecular formula is C18H17FN6O. The molecule has 0 aliphatic heterocycles. The van der Waals surface area contributed by atoms with Crippen molar-refractivity contribution in [2.75, 3.05) is 11.1 Å². The van der Waals surface area contributed by atoms with Gasteiger partial charge in [0.15, 0.2) is 5.82 Å². The van der Waals surface area contributed by atoms with E-state index in [2.05, 4.69) is 20.5 Å². The number of aromatic nitrogens is 4. The number of nitrogens with two attached hydrogens (primary N) is 1. The van der Waals surface area contributed by atoms with Crippen LogP contribution in [-0.4, -0.2) is 19.7 Å². The molecule has 0 aliphatic carbocycles. The van der Waals surface area contributed by atoms with E-state index >= 15 is 4.39 Å². The summed E-state index contributed by atoms with van der Waals surface area (Å²) in [6, 6.07) is 7.55. The maximum absolute atomic E-state index is 15.3. The Balaban J connectivity index is 1.95. The quantitative estimate of drug-likeness (QED) is 0.584. The Morgan fingerprint density at radius 1 is 1.19 bits per heavy atom. The Morgan fingerprint density at radius 2 is 2.00 bits per heavy atom. The predicted octanol–water partition coefficient (Wildman–Crippen LogP) is 3.71. The molecule has 0 fully saturated rings. The smallest absolute Gasteiger partial charge is 0.313 e. The van der Waals surface area contributed by atoms with Crippen molar-refractivity contribution in [2.45, 2.75) is 13.8 Å². The van der Waals surface area contributed by atoms with Crippen LogP contribution >= 0.6 is 0 Å². The minimum Gasteiger partial charge on any atom is -0.403 e. The van der Waals surface area contributed by atoms with Crippen molar-refractivity contribution >= 4 is 28.4 Å². The highest BCUT2D eigenvalue weighted by atomic mass is 19.1. The SMILES string of the molecule is Cc1ccc(Nc2c(-c3nnc(N)o3)cc3c(ncn3C)c2F)c(C)c1. The number of nitrogens with zero attached hydrogens (tertiary/aromatic N) is 4. The third-order valence-corrected chi connectivity index (χ3v) is 4.27. The molecule has 2 heterocycles. The molecule has 2 aromatic heterocycles. The molecule has 0 spiro atoms. The van der Waals surface area contributed by atoms with E-state index in [1.54, 1.807) is 24.0 Å². The lowest BCUT2D eigenvalue weighted by Gasteiger charge is -2.14. The van der Waals surface area contributed by atoms with Gasteiger partial charge in [-0.15, -0.1) is 5.10 Å². The van der Waals surface area contributed by atoms with E-state index in [1.165, 1.54) is 0 Å². The Morgan fingerprint density at radius 3 is 2.69 bits per heavy atom. The molecule has 0 bridgehead atoms. The Hall–Kier alpha value is -3.42. The van der Waals surface area contributed by atoms with Crippen molar-refractivity contribution in [3.05, 3.63) is 47.5 Å². The van der Waals surface area contributed by atoms with Crippen molar-refractivity contribution in [3.8, 4) is 11.5 Å². The first-order valence-corrected chi connectivity index (χ1v) is 8.01. The number of nitrogens with one attached hydrogen (secondary N) is 1. The zero-order valence-electron chi connectivity index (χ0n) is 14.5. The van der Waals surface area contributed by atoms with E-state index < -0.39 is 5.82 Å². The maximum Gasteiger partial charge on any atom is 0.313 e. The molecule has 0 saturated heterocycles. The van der Waals surface area contributed by atoms with Gasteiger partial charge in [-0.25, -0.2) is 9.37 Å². The number of imidazole rings is 1. The number of halogens is 1. The molecule has 0 saturated carbocycles. The van der Waals surface area contributed by atoms with Gasteiger partial charge in [0.2, 0.25) is 0 Å². The minimum absolute atomic E-state index is 0.0806. The lowest BCUT2D eigenvalue weighted by molar-refractivity contribution is 0.589. The van der Waals surface area contributed by atoms with E-state index in [1.807, 2.05) is 32.0 Å². The van der Waals surface area contributed by atoms with Crippen LogP contribution in [0.25, 0.3) is 22.5 Å². The lowest BCUT2D eigenvalue weighted by Crippen LogP contribution is -2.01. The first kappa shape index (κ1) is 16.1. The standard InChI is InChI=1S/C18H17FN6O/c1-9-4-5-12(10(2)6-9)22-15-11(17-23-24-18(20)26-17)7-13-16(14(15)19)21-8-25(13)3/h4-8,22H,1-3H3,(H2,20,24). The summed E-state index contributed by atoms with van der Waals surface area (Å²) in [6.45, 7) is 3.96. The molecular weight excluding hydrogens is 335 g/mol. The molecule has 0 atom stereocenters. The van der Waals surface area contributed by atoms with E-state index in [4.69, 9.17) is 10.2 Å². The third kappa shape index (κ3) is 2.55. The molecule has 0 amide bonds. The monoisotopic (exact) mass is 352 g/mol. The van der Waals surface area contributed by atoms with Gasteiger partial charge in [0, 0.05) is 12.7 Å². The summed E-state index contributed by atoms with van der Waals surface area (Å²) >= 11 is 0. The van der Waals surface area contributed by atoms with Crippen LogP contribution in [0.2, 0.25) is 0 Å². The average molecular weight is 352 g/mol. The highest BCUT2D eigenvalue weighted by Crippen LogP contribution is 2.37. The van der Waals surface area contributed by atoms with Gasteiger partial charge in [-0.1, -0.05) is 22.8 Å². The number of anilines is 3. The fourth-order valence-corrected chi connectivity index (χ4v) is 2.95. The molecule has 132 valence electrons. The van der Waals surface area contributed by atoms with Crippen LogP contribution in [0.15, 0.2) is 35.0 Å². The zero-order valence-corrected chi connectivity index (χ0v) is 14.5. The van der Waals surface area contributed by atoms with Gasteiger partial charge in [-0.05, 0) is 31.5 Å². The van der Waals surface area contributed by atoms with Gasteiger partial charge in [0.05, 0.1) is 23.1 Å². The number of fused-ring (bicyclic) bond motifs is 1. The first-order valence-electron chi connectivity index (χ1n) is 8.01.